The van der Waals surface area contributed by atoms with Crippen molar-refractivity contribution in [3.05, 3.63) is 64.6 Å². The van der Waals surface area contributed by atoms with Crippen LogP contribution in [-0.2, 0) is 19.1 Å². The van der Waals surface area contributed by atoms with Gasteiger partial charge in [-0.3, -0.25) is 24.2 Å². The highest BCUT2D eigenvalue weighted by molar-refractivity contribution is 8.26. The molecule has 0 aliphatic carbocycles. The van der Waals surface area contributed by atoms with Gasteiger partial charge in [-0.1, -0.05) is 49.1 Å². The van der Waals surface area contributed by atoms with Crippen LogP contribution in [0.3, 0.4) is 0 Å². The van der Waals surface area contributed by atoms with E-state index in [4.69, 9.17) is 17.0 Å². The fraction of sp³-hybridized carbons (Fsp3) is 0.269. The number of anilines is 2. The van der Waals surface area contributed by atoms with Crippen LogP contribution in [0.1, 0.15) is 43.1 Å². The Labute approximate surface area is 218 Å². The minimum absolute atomic E-state index is 0.0838. The molecule has 0 radical (unpaired) electrons. The minimum Gasteiger partial charge on any atom is -0.462 e. The van der Waals surface area contributed by atoms with Gasteiger partial charge in [-0.05, 0) is 50.6 Å². The van der Waals surface area contributed by atoms with E-state index in [1.54, 1.807) is 60.4 Å². The van der Waals surface area contributed by atoms with Gasteiger partial charge in [0.2, 0.25) is 5.91 Å². The molecule has 186 valence electrons. The molecule has 0 spiro atoms. The summed E-state index contributed by atoms with van der Waals surface area (Å²) in [6.45, 7) is 5.63. The molecule has 0 unspecified atom stereocenters. The van der Waals surface area contributed by atoms with Crippen molar-refractivity contribution in [3.8, 4) is 0 Å². The van der Waals surface area contributed by atoms with Crippen molar-refractivity contribution in [1.29, 1.82) is 0 Å². The maximum atomic E-state index is 13.5. The number of nitrogens with zero attached hydrogens (tertiary/aromatic N) is 2. The van der Waals surface area contributed by atoms with Gasteiger partial charge in [-0.2, -0.15) is 0 Å². The van der Waals surface area contributed by atoms with Crippen molar-refractivity contribution in [2.24, 2.45) is 0 Å². The van der Waals surface area contributed by atoms with Crippen LogP contribution in [0.5, 0.6) is 0 Å². The molecule has 3 amide bonds. The predicted octanol–water partition coefficient (Wildman–Crippen LogP) is 4.22. The summed E-state index contributed by atoms with van der Waals surface area (Å²) < 4.78 is 5.38. The molecule has 36 heavy (non-hydrogen) atoms. The van der Waals surface area contributed by atoms with Gasteiger partial charge in [0.1, 0.15) is 10.9 Å². The van der Waals surface area contributed by atoms with E-state index in [9.17, 15) is 19.2 Å². The second-order valence-corrected chi connectivity index (χ2v) is 9.90. The molecule has 2 aliphatic rings. The average molecular weight is 524 g/mol. The van der Waals surface area contributed by atoms with Gasteiger partial charge in [-0.15, -0.1) is 0 Å². The Morgan fingerprint density at radius 1 is 1.06 bits per heavy atom. The van der Waals surface area contributed by atoms with Crippen molar-refractivity contribution in [3.63, 3.8) is 0 Å². The van der Waals surface area contributed by atoms with Gasteiger partial charge < -0.3 is 10.1 Å². The predicted molar refractivity (Wildman–Crippen MR) is 144 cm³/mol. The molecule has 10 heteroatoms. The molecule has 2 aromatic carbocycles. The van der Waals surface area contributed by atoms with E-state index < -0.39 is 17.8 Å². The van der Waals surface area contributed by atoms with E-state index in [0.717, 1.165) is 18.2 Å². The summed E-state index contributed by atoms with van der Waals surface area (Å²) in [5, 5.41) is 2.75. The fourth-order valence-electron chi connectivity index (χ4n) is 4.00. The first-order valence-corrected chi connectivity index (χ1v) is 12.8. The van der Waals surface area contributed by atoms with Crippen LogP contribution in [0.25, 0.3) is 5.57 Å². The minimum atomic E-state index is -0.444. The lowest BCUT2D eigenvalue weighted by atomic mass is 10.1. The van der Waals surface area contributed by atoms with Gasteiger partial charge in [0.25, 0.3) is 11.8 Å². The van der Waals surface area contributed by atoms with Gasteiger partial charge in [0.05, 0.1) is 28.3 Å². The maximum absolute atomic E-state index is 13.5. The number of carbonyl (C=O) groups is 4. The molecule has 1 fully saturated rings. The standard InChI is InChI=1S/C26H25N3O5S2/c1-4-15(3)29-24(32)22(36-26(29)35)21-18-8-6-7-9-19(18)28(23(21)31)14-20(30)27-17-12-10-16(11-13-17)25(33)34-5-2/h6-13,15H,4-5,14H2,1-3H3,(H,27,30)/b22-21-/t15-/m0/s1. The first kappa shape index (κ1) is 25.6. The van der Waals surface area contributed by atoms with Crippen LogP contribution in [0.2, 0.25) is 0 Å². The van der Waals surface area contributed by atoms with E-state index in [-0.39, 0.29) is 35.6 Å². The number of benzene rings is 2. The Balaban J connectivity index is 1.56. The van der Waals surface area contributed by atoms with Crippen molar-refractivity contribution < 1.29 is 23.9 Å². The number of esters is 1. The molecule has 2 heterocycles. The first-order chi connectivity index (χ1) is 17.3. The molecule has 2 aliphatic heterocycles. The number of amides is 3. The highest BCUT2D eigenvalue weighted by atomic mass is 32.2. The lowest BCUT2D eigenvalue weighted by molar-refractivity contribution is -0.123. The van der Waals surface area contributed by atoms with E-state index in [2.05, 4.69) is 5.32 Å². The number of ether oxygens (including phenoxy) is 1. The zero-order valence-electron chi connectivity index (χ0n) is 20.1. The molecule has 2 aromatic rings. The lowest BCUT2D eigenvalue weighted by Gasteiger charge is -2.21. The van der Waals surface area contributed by atoms with Crippen LogP contribution in [0.15, 0.2) is 53.4 Å². The SMILES string of the molecule is CCOC(=O)c1ccc(NC(=O)CN2C(=O)/C(=C3\SC(=S)N([C@@H](C)CC)C3=O)c3ccccc32)cc1. The third kappa shape index (κ3) is 4.78. The second-order valence-electron chi connectivity index (χ2n) is 8.26. The Morgan fingerprint density at radius 3 is 2.42 bits per heavy atom. The Hall–Kier alpha value is -3.50. The number of thioether (sulfide) groups is 1. The number of hydrogen-bond acceptors (Lipinski definition) is 7. The van der Waals surface area contributed by atoms with Gasteiger partial charge >= 0.3 is 5.97 Å². The molecular formula is C26H25N3O5S2. The van der Waals surface area contributed by atoms with Gasteiger partial charge in [0, 0.05) is 17.3 Å². The molecule has 8 nitrogen and oxygen atoms in total. The number of para-hydroxylation sites is 1. The van der Waals surface area contributed by atoms with Crippen LogP contribution in [0.4, 0.5) is 11.4 Å². The summed E-state index contributed by atoms with van der Waals surface area (Å²) >= 11 is 6.56. The number of nitrogens with one attached hydrogen (secondary N) is 1. The molecule has 1 N–H and O–H groups in total. The molecular weight excluding hydrogens is 498 g/mol. The topological polar surface area (TPSA) is 96.0 Å². The third-order valence-corrected chi connectivity index (χ3v) is 7.36. The molecule has 4 rings (SSSR count). The summed E-state index contributed by atoms with van der Waals surface area (Å²) in [6.07, 6.45) is 0.729. The van der Waals surface area contributed by atoms with Crippen LogP contribution < -0.4 is 10.2 Å². The van der Waals surface area contributed by atoms with Crippen LogP contribution in [0, 0.1) is 0 Å². The zero-order chi connectivity index (χ0) is 26.0. The van der Waals surface area contributed by atoms with Gasteiger partial charge in [-0.25, -0.2) is 4.79 Å². The van der Waals surface area contributed by atoms with Crippen molar-refractivity contribution in [2.45, 2.75) is 33.2 Å². The first-order valence-electron chi connectivity index (χ1n) is 11.5. The summed E-state index contributed by atoms with van der Waals surface area (Å²) in [7, 11) is 0. The Kier molecular flexibility index (Phi) is 7.56. The summed E-state index contributed by atoms with van der Waals surface area (Å²) in [5.74, 6) is -1.57. The number of fused-ring (bicyclic) bond motifs is 1. The molecule has 0 bridgehead atoms. The van der Waals surface area contributed by atoms with Crippen molar-refractivity contribution in [1.82, 2.24) is 4.90 Å². The van der Waals surface area contributed by atoms with Crippen molar-refractivity contribution in [2.75, 3.05) is 23.4 Å². The average Bonchev–Trinajstić information content (AvgIpc) is 3.31. The molecule has 1 atom stereocenters. The Morgan fingerprint density at radius 2 is 1.75 bits per heavy atom. The second kappa shape index (κ2) is 10.6. The monoisotopic (exact) mass is 523 g/mol. The number of carbonyl (C=O) groups excluding carboxylic acids is 4. The normalized spacial score (nSPS) is 17.9. The Bertz CT molecular complexity index is 1290. The van der Waals surface area contributed by atoms with E-state index in [1.165, 1.54) is 4.90 Å². The largest absolute Gasteiger partial charge is 0.462 e. The van der Waals surface area contributed by atoms with Crippen LogP contribution >= 0.6 is 24.0 Å². The number of rotatable bonds is 7. The molecule has 1 saturated heterocycles. The molecule has 0 saturated carbocycles. The fourth-order valence-corrected chi connectivity index (χ4v) is 5.53. The summed E-state index contributed by atoms with van der Waals surface area (Å²) in [5.41, 5.74) is 2.26. The van der Waals surface area contributed by atoms with E-state index in [0.29, 0.717) is 26.8 Å². The van der Waals surface area contributed by atoms with Gasteiger partial charge in [0.15, 0.2) is 0 Å². The summed E-state index contributed by atoms with van der Waals surface area (Å²) in [4.78, 5) is 54.6. The zero-order valence-corrected chi connectivity index (χ0v) is 21.7. The maximum Gasteiger partial charge on any atom is 0.338 e. The number of thiocarbonyl (C=S) groups is 1. The number of hydrogen-bond donors (Lipinski definition) is 1. The molecule has 0 aromatic heterocycles. The highest BCUT2D eigenvalue weighted by Gasteiger charge is 2.43. The highest BCUT2D eigenvalue weighted by Crippen LogP contribution is 2.45. The van der Waals surface area contributed by atoms with Crippen molar-refractivity contribution >= 4 is 68.9 Å². The third-order valence-electron chi connectivity index (χ3n) is 5.96. The van der Waals surface area contributed by atoms with Crippen LogP contribution in [-0.4, -0.2) is 52.1 Å². The van der Waals surface area contributed by atoms with E-state index in [1.807, 2.05) is 13.8 Å². The summed E-state index contributed by atoms with van der Waals surface area (Å²) in [6, 6.07) is 13.3. The smallest absolute Gasteiger partial charge is 0.338 e. The quantitative estimate of drug-likeness (QED) is 0.330. The lowest BCUT2D eigenvalue weighted by Crippen LogP contribution is -2.37. The van der Waals surface area contributed by atoms with E-state index >= 15 is 0 Å².